The third kappa shape index (κ3) is 4.38. The van der Waals surface area contributed by atoms with Crippen molar-refractivity contribution in [2.75, 3.05) is 11.5 Å². The number of alkyl halides is 3. The van der Waals surface area contributed by atoms with E-state index in [-0.39, 0.29) is 28.1 Å². The van der Waals surface area contributed by atoms with Crippen molar-refractivity contribution in [2.45, 2.75) is 77.7 Å². The molecule has 1 aliphatic rings. The molecule has 0 bridgehead atoms. The number of nitrogens with zero attached hydrogens (tertiary/aromatic N) is 1. The third-order valence-corrected chi connectivity index (χ3v) is 12.7. The van der Waals surface area contributed by atoms with Crippen LogP contribution in [0.2, 0.25) is 16.6 Å². The quantitative estimate of drug-likeness (QED) is 0.175. The molecule has 12 heteroatoms. The second-order valence-electron chi connectivity index (χ2n) is 9.86. The first-order chi connectivity index (χ1) is 15.3. The maximum Gasteiger partial charge on any atom is 0.422 e. The van der Waals surface area contributed by atoms with E-state index in [4.69, 9.17) is 4.43 Å². The number of carbonyl (C=O) groups is 2. The molecule has 2 rings (SSSR count). The zero-order valence-corrected chi connectivity index (χ0v) is 21.0. The molecule has 1 unspecified atom stereocenters. The number of hydrogen-bond donors (Lipinski definition) is 0. The van der Waals surface area contributed by atoms with Crippen molar-refractivity contribution in [3.63, 3.8) is 0 Å². The SMILES string of the molecule is CC(C)[Si](OCC1(C)CC(=O)N(c2c(F)c(F)c(C(F)(F)F)c(F)c2F)C1=O)(C(C)C)C(C)C. The highest BCUT2D eigenvalue weighted by Crippen LogP contribution is 2.46. The fraction of sp³-hybridized carbons (Fsp3) is 0.636. The van der Waals surface area contributed by atoms with Gasteiger partial charge in [-0.1, -0.05) is 41.5 Å². The summed E-state index contributed by atoms with van der Waals surface area (Å²) in [5.74, 6) is -12.9. The summed E-state index contributed by atoms with van der Waals surface area (Å²) in [4.78, 5) is 25.6. The highest BCUT2D eigenvalue weighted by molar-refractivity contribution is 6.77. The summed E-state index contributed by atoms with van der Waals surface area (Å²) in [6.07, 6.45) is -6.35. The van der Waals surface area contributed by atoms with Gasteiger partial charge in [0, 0.05) is 13.0 Å². The number of anilines is 1. The van der Waals surface area contributed by atoms with Gasteiger partial charge in [0.25, 0.3) is 0 Å². The van der Waals surface area contributed by atoms with Crippen LogP contribution in [0, 0.1) is 28.7 Å². The Balaban J connectivity index is 2.53. The molecule has 0 aliphatic carbocycles. The molecule has 192 valence electrons. The average molecular weight is 516 g/mol. The summed E-state index contributed by atoms with van der Waals surface area (Å²) in [5.41, 5.74) is -5.91. The molecule has 2 amide bonds. The monoisotopic (exact) mass is 515 g/mol. The van der Waals surface area contributed by atoms with Gasteiger partial charge in [-0.2, -0.15) is 13.2 Å². The number of amides is 2. The highest BCUT2D eigenvalue weighted by atomic mass is 28.4. The molecular weight excluding hydrogens is 487 g/mol. The summed E-state index contributed by atoms with van der Waals surface area (Å²) in [6.45, 7) is 12.8. The molecule has 1 fully saturated rings. The second-order valence-corrected chi connectivity index (χ2v) is 15.3. The van der Waals surface area contributed by atoms with Crippen LogP contribution in [-0.2, 0) is 20.2 Å². The predicted octanol–water partition coefficient (Wildman–Crippen LogP) is 6.72. The number of rotatable bonds is 7. The third-order valence-electron chi connectivity index (χ3n) is 6.61. The minimum Gasteiger partial charge on any atom is -0.415 e. The van der Waals surface area contributed by atoms with Gasteiger partial charge in [-0.25, -0.2) is 22.5 Å². The minimum absolute atomic E-state index is 0.104. The van der Waals surface area contributed by atoms with Gasteiger partial charge in [0.2, 0.25) is 11.8 Å². The van der Waals surface area contributed by atoms with Crippen molar-refractivity contribution < 1.29 is 44.7 Å². The molecule has 1 heterocycles. The van der Waals surface area contributed by atoms with E-state index in [1.54, 1.807) is 0 Å². The Kier molecular flexibility index (Phi) is 7.70. The van der Waals surface area contributed by atoms with Crippen LogP contribution in [0.4, 0.5) is 36.4 Å². The van der Waals surface area contributed by atoms with E-state index in [1.165, 1.54) is 6.92 Å². The van der Waals surface area contributed by atoms with Gasteiger partial charge in [0.05, 0.1) is 5.41 Å². The van der Waals surface area contributed by atoms with E-state index in [0.717, 1.165) is 0 Å². The Bertz CT molecular complexity index is 943. The molecule has 34 heavy (non-hydrogen) atoms. The van der Waals surface area contributed by atoms with Gasteiger partial charge >= 0.3 is 6.18 Å². The predicted molar refractivity (Wildman–Crippen MR) is 113 cm³/mol. The van der Waals surface area contributed by atoms with Crippen LogP contribution in [0.15, 0.2) is 0 Å². The maximum atomic E-state index is 14.5. The van der Waals surface area contributed by atoms with Crippen molar-refractivity contribution in [3.05, 3.63) is 28.8 Å². The first-order valence-electron chi connectivity index (χ1n) is 10.8. The lowest BCUT2D eigenvalue weighted by atomic mass is 9.90. The summed E-state index contributed by atoms with van der Waals surface area (Å²) in [7, 11) is -2.54. The molecule has 0 radical (unpaired) electrons. The Hall–Kier alpha value is -1.95. The molecule has 1 aromatic rings. The van der Waals surface area contributed by atoms with Gasteiger partial charge in [-0.3, -0.25) is 9.59 Å². The molecule has 1 atom stereocenters. The topological polar surface area (TPSA) is 46.6 Å². The fourth-order valence-electron chi connectivity index (χ4n) is 5.06. The highest BCUT2D eigenvalue weighted by Gasteiger charge is 2.54. The smallest absolute Gasteiger partial charge is 0.415 e. The van der Waals surface area contributed by atoms with E-state index in [9.17, 15) is 40.3 Å². The largest absolute Gasteiger partial charge is 0.422 e. The zero-order chi connectivity index (χ0) is 26.5. The van der Waals surface area contributed by atoms with Gasteiger partial charge in [0.1, 0.15) is 11.3 Å². The van der Waals surface area contributed by atoms with Gasteiger partial charge < -0.3 is 4.43 Å². The molecule has 1 aromatic carbocycles. The Morgan fingerprint density at radius 3 is 1.65 bits per heavy atom. The van der Waals surface area contributed by atoms with Crippen molar-refractivity contribution in [1.29, 1.82) is 0 Å². The van der Waals surface area contributed by atoms with Crippen molar-refractivity contribution in [3.8, 4) is 0 Å². The second kappa shape index (κ2) is 9.25. The van der Waals surface area contributed by atoms with Gasteiger partial charge in [-0.15, -0.1) is 0 Å². The Morgan fingerprint density at radius 1 is 0.882 bits per heavy atom. The van der Waals surface area contributed by atoms with Crippen LogP contribution in [0.5, 0.6) is 0 Å². The zero-order valence-electron chi connectivity index (χ0n) is 20.0. The van der Waals surface area contributed by atoms with Crippen LogP contribution in [0.3, 0.4) is 0 Å². The molecule has 1 aliphatic heterocycles. The molecule has 0 N–H and O–H groups in total. The lowest BCUT2D eigenvalue weighted by Crippen LogP contribution is -2.50. The summed E-state index contributed by atoms with van der Waals surface area (Å²) in [6, 6.07) is 0. The van der Waals surface area contributed by atoms with Gasteiger partial charge in [0.15, 0.2) is 31.6 Å². The number of halogens is 7. The van der Waals surface area contributed by atoms with E-state index in [2.05, 4.69) is 0 Å². The average Bonchev–Trinajstić information content (AvgIpc) is 2.89. The van der Waals surface area contributed by atoms with Crippen LogP contribution < -0.4 is 4.90 Å². The molecule has 0 aromatic heterocycles. The molecule has 0 saturated carbocycles. The first kappa shape index (κ1) is 28.3. The standard InChI is InChI=1S/C22H28F7NO3Si/c1-10(2)34(11(3)4,12(5)6)33-9-21(7)8-13(31)30(20(21)32)19-17(25)15(23)14(22(27,28)29)16(24)18(19)26/h10-12H,8-9H2,1-7H3. The molecule has 0 spiro atoms. The van der Waals surface area contributed by atoms with Crippen molar-refractivity contribution >= 4 is 25.8 Å². The summed E-state index contributed by atoms with van der Waals surface area (Å²) in [5, 5.41) is 0. The normalized spacial score (nSPS) is 20.0. The van der Waals surface area contributed by atoms with Crippen LogP contribution in [0.1, 0.15) is 60.5 Å². The van der Waals surface area contributed by atoms with Crippen molar-refractivity contribution in [2.24, 2.45) is 5.41 Å². The van der Waals surface area contributed by atoms with Crippen LogP contribution in [0.25, 0.3) is 0 Å². The summed E-state index contributed by atoms with van der Waals surface area (Å²) >= 11 is 0. The number of carbonyl (C=O) groups excluding carboxylic acids is 2. The van der Waals surface area contributed by atoms with E-state index in [1.807, 2.05) is 41.5 Å². The molecule has 4 nitrogen and oxygen atoms in total. The number of hydrogen-bond acceptors (Lipinski definition) is 3. The van der Waals surface area contributed by atoms with E-state index in [0.29, 0.717) is 0 Å². The fourth-order valence-corrected chi connectivity index (χ4v) is 10.6. The first-order valence-corrected chi connectivity index (χ1v) is 12.9. The number of imide groups is 1. The molecule has 1 saturated heterocycles. The Labute approximate surface area is 194 Å². The Morgan fingerprint density at radius 2 is 1.29 bits per heavy atom. The maximum absolute atomic E-state index is 14.5. The lowest BCUT2D eigenvalue weighted by molar-refractivity contribution is -0.143. The van der Waals surface area contributed by atoms with E-state index < -0.39 is 72.7 Å². The van der Waals surface area contributed by atoms with Crippen LogP contribution >= 0.6 is 0 Å². The van der Waals surface area contributed by atoms with Crippen LogP contribution in [-0.4, -0.2) is 26.7 Å². The van der Waals surface area contributed by atoms with Gasteiger partial charge in [-0.05, 0) is 23.5 Å². The van der Waals surface area contributed by atoms with E-state index >= 15 is 0 Å². The lowest BCUT2D eigenvalue weighted by Gasteiger charge is -2.43. The molecular formula is C22H28F7NO3Si. The summed E-state index contributed by atoms with van der Waals surface area (Å²) < 4.78 is 102. The number of benzene rings is 1. The minimum atomic E-state index is -5.74. The van der Waals surface area contributed by atoms with Crippen molar-refractivity contribution in [1.82, 2.24) is 0 Å².